The number of carbonyl (C=O) groups is 3. The molecule has 4 atom stereocenters. The van der Waals surface area contributed by atoms with Gasteiger partial charge in [0.1, 0.15) is 13.2 Å². The fourth-order valence-corrected chi connectivity index (χ4v) is 16.1. The Bertz CT molecular complexity index is 3460. The molecule has 4 aliphatic rings. The average molecular weight is 1280 g/mol. The number of benzene rings is 5. The second-order valence-electron chi connectivity index (χ2n) is 24.3. The molecule has 0 spiro atoms. The number of carbonyl (C=O) groups excluding carboxylic acids is 3. The summed E-state index contributed by atoms with van der Waals surface area (Å²) in [6.45, 7) is 13.9. The first-order valence-corrected chi connectivity index (χ1v) is 34.4. The van der Waals surface area contributed by atoms with Gasteiger partial charge in [-0.1, -0.05) is 84.2 Å². The molecule has 3 heterocycles. The molecule has 480 valence electrons. The summed E-state index contributed by atoms with van der Waals surface area (Å²) >= 11 is 0. The first-order valence-electron chi connectivity index (χ1n) is 30.6. The number of fused-ring (bicyclic) bond motifs is 5. The molecule has 9 rings (SSSR count). The van der Waals surface area contributed by atoms with Crippen LogP contribution in [-0.2, 0) is 55.2 Å². The average Bonchev–Trinajstić information content (AvgIpc) is 1.77. The molecule has 1 aliphatic carbocycles. The van der Waals surface area contributed by atoms with Crippen molar-refractivity contribution in [2.24, 2.45) is 16.8 Å². The number of hydrogen-bond acceptors (Lipinski definition) is 17. The number of amides is 3. The van der Waals surface area contributed by atoms with Crippen molar-refractivity contribution >= 4 is 84.1 Å². The summed E-state index contributed by atoms with van der Waals surface area (Å²) in [5.41, 5.74) is 7.53. The van der Waals surface area contributed by atoms with E-state index in [0.717, 1.165) is 71.4 Å². The molecule has 3 aliphatic heterocycles. The van der Waals surface area contributed by atoms with Crippen molar-refractivity contribution in [2.75, 3.05) is 107 Å². The summed E-state index contributed by atoms with van der Waals surface area (Å²) in [5.74, 6) is 1.34. The van der Waals surface area contributed by atoms with Crippen LogP contribution in [0.2, 0.25) is 0 Å². The molecule has 89 heavy (non-hydrogen) atoms. The van der Waals surface area contributed by atoms with E-state index in [-0.39, 0.29) is 49.2 Å². The van der Waals surface area contributed by atoms with Crippen molar-refractivity contribution in [2.45, 2.75) is 114 Å². The van der Waals surface area contributed by atoms with Crippen LogP contribution in [0.3, 0.4) is 0 Å². The number of aliphatic imine (C=N–C) groups is 1. The van der Waals surface area contributed by atoms with Gasteiger partial charge in [0, 0.05) is 91.7 Å². The van der Waals surface area contributed by atoms with Crippen LogP contribution in [0.15, 0.2) is 96.0 Å². The monoisotopic (exact) mass is 1280 g/mol. The highest BCUT2D eigenvalue weighted by Crippen LogP contribution is 2.44. The lowest BCUT2D eigenvalue weighted by Gasteiger charge is -2.42. The van der Waals surface area contributed by atoms with Crippen molar-refractivity contribution in [1.29, 1.82) is 0 Å². The fourth-order valence-electron chi connectivity index (χ4n) is 12.6. The van der Waals surface area contributed by atoms with Crippen molar-refractivity contribution in [3.63, 3.8) is 0 Å². The molecule has 1 fully saturated rings. The van der Waals surface area contributed by atoms with E-state index >= 15 is 0 Å². The van der Waals surface area contributed by atoms with Gasteiger partial charge in [0.25, 0.3) is 21.9 Å². The van der Waals surface area contributed by atoms with Crippen LogP contribution in [0, 0.1) is 11.8 Å². The van der Waals surface area contributed by atoms with Gasteiger partial charge in [-0.2, -0.15) is 8.42 Å². The lowest BCUT2D eigenvalue weighted by atomic mass is 9.70. The zero-order chi connectivity index (χ0) is 63.5. The second-order valence-corrected chi connectivity index (χ2v) is 29.0. The second kappa shape index (κ2) is 30.1. The van der Waals surface area contributed by atoms with E-state index in [4.69, 9.17) is 38.2 Å². The molecule has 5 aromatic rings. The molecular formula is C67H86N6O13S3. The molecular weight excluding hydrogens is 1190 g/mol. The van der Waals surface area contributed by atoms with E-state index in [9.17, 15) is 27.4 Å². The Hall–Kier alpha value is -6.53. The van der Waals surface area contributed by atoms with Crippen molar-refractivity contribution in [3.8, 4) is 23.0 Å². The maximum Gasteiger partial charge on any atom is 0.276 e. The summed E-state index contributed by atoms with van der Waals surface area (Å²) in [6, 6.07) is 28.6. The van der Waals surface area contributed by atoms with Crippen LogP contribution in [0.4, 0.5) is 28.4 Å². The molecule has 1 saturated carbocycles. The van der Waals surface area contributed by atoms with Gasteiger partial charge in [0.15, 0.2) is 28.2 Å². The third-order valence-electron chi connectivity index (χ3n) is 17.0. The van der Waals surface area contributed by atoms with Crippen molar-refractivity contribution < 1.29 is 60.5 Å². The number of hydrogen-bond donors (Lipinski definition) is 3. The predicted octanol–water partition coefficient (Wildman–Crippen LogP) is 11.4. The molecule has 0 radical (unpaired) electrons. The third-order valence-corrected chi connectivity index (χ3v) is 21.5. The Labute approximate surface area is 532 Å². The number of rotatable bonds is 31. The SMILES string of the molecule is CNc1cc(OCc2cc(COc3cc4c(cc3OC)C(=O)N3c5ccccc5C[C@H]3C=N4)cc(N(CCOCCOCCOC)CC(C)(C)SSCCC(C(=O)NC(C)(C)C3CCCCC3C)S(=O)(=O)O)c2)c(OC)cc1C(=O)N1CCc2ccccc21. The van der Waals surface area contributed by atoms with Gasteiger partial charge in [0.2, 0.25) is 5.91 Å². The molecule has 3 unspecified atom stereocenters. The van der Waals surface area contributed by atoms with E-state index in [1.165, 1.54) is 17.9 Å². The van der Waals surface area contributed by atoms with Crippen LogP contribution in [-0.4, -0.2) is 145 Å². The highest BCUT2D eigenvalue weighted by molar-refractivity contribution is 8.77. The van der Waals surface area contributed by atoms with Crippen LogP contribution in [0.25, 0.3) is 0 Å². The predicted molar refractivity (Wildman–Crippen MR) is 355 cm³/mol. The fraction of sp³-hybridized carbons (Fsp3) is 0.493. The van der Waals surface area contributed by atoms with Gasteiger partial charge < -0.3 is 53.6 Å². The highest BCUT2D eigenvalue weighted by Gasteiger charge is 2.41. The van der Waals surface area contributed by atoms with Crippen molar-refractivity contribution in [3.05, 3.63) is 124 Å². The van der Waals surface area contributed by atoms with Gasteiger partial charge >= 0.3 is 0 Å². The zero-order valence-electron chi connectivity index (χ0n) is 52.6. The number of ether oxygens (including phenoxy) is 7. The van der Waals surface area contributed by atoms with Crippen molar-refractivity contribution in [1.82, 2.24) is 5.32 Å². The van der Waals surface area contributed by atoms with E-state index in [1.807, 2.05) is 74.7 Å². The number of nitrogens with zero attached hydrogens (tertiary/aromatic N) is 4. The van der Waals surface area contributed by atoms with Gasteiger partial charge in [0.05, 0.1) is 75.8 Å². The molecule has 0 saturated heterocycles. The van der Waals surface area contributed by atoms with Gasteiger partial charge in [-0.15, -0.1) is 0 Å². The minimum Gasteiger partial charge on any atom is -0.493 e. The molecule has 3 amide bonds. The molecule has 3 N–H and O–H groups in total. The topological polar surface area (TPSA) is 216 Å². The first kappa shape index (κ1) is 66.9. The molecule has 19 nitrogen and oxygen atoms in total. The van der Waals surface area contributed by atoms with Crippen LogP contribution < -0.4 is 44.3 Å². The number of nitrogens with one attached hydrogen (secondary N) is 2. The Balaban J connectivity index is 0.986. The minimum atomic E-state index is -4.72. The van der Waals surface area contributed by atoms with E-state index in [1.54, 1.807) is 66.1 Å². The Kier molecular flexibility index (Phi) is 22.6. The maximum atomic E-state index is 14.3. The summed E-state index contributed by atoms with van der Waals surface area (Å²) < 4.78 is 77.8. The Morgan fingerprint density at radius 1 is 0.809 bits per heavy atom. The van der Waals surface area contributed by atoms with E-state index in [2.05, 4.69) is 48.4 Å². The van der Waals surface area contributed by atoms with E-state index in [0.29, 0.717) is 111 Å². The van der Waals surface area contributed by atoms with Crippen LogP contribution >= 0.6 is 21.6 Å². The van der Waals surface area contributed by atoms with Crippen LogP contribution in [0.1, 0.15) is 110 Å². The quantitative estimate of drug-likeness (QED) is 0.0214. The molecule has 5 aromatic carbocycles. The van der Waals surface area contributed by atoms with Gasteiger partial charge in [-0.3, -0.25) is 28.8 Å². The zero-order valence-corrected chi connectivity index (χ0v) is 55.1. The minimum absolute atomic E-state index is 0.0654. The van der Waals surface area contributed by atoms with Gasteiger partial charge in [-0.05, 0) is 124 Å². The number of anilines is 4. The number of methoxy groups -OCH3 is 3. The standard InChI is InChI=1S/C67H86N6O13S3/c1-44-16-10-13-19-53(44)67(4,5)70-63(74)62(89(77,78)79)23-31-87-88-66(2,3)43-71(25-26-83-29-30-84-28-27-80-7)49-33-45(41-85-60-38-54(68-6)51(36-58(60)81-8)64(75)72-24-22-47-17-11-14-20-56(47)72)32-46(34-49)42-86-61-39-55-52(37-59(61)82-9)65(76)73-50(40-69-55)35-48-18-12-15-21-57(48)73/h11-12,14-15,17-18,20-21,32-34,36-40,44,50,53,62,68H,10,13,16,19,22-31,35,41-43H2,1-9H3,(H,70,74)(H,77,78,79)/t44?,50-,53?,62?/m0/s1. The van der Waals surface area contributed by atoms with Gasteiger partial charge in [-0.25, -0.2) is 0 Å². The van der Waals surface area contributed by atoms with Crippen LogP contribution in [0.5, 0.6) is 23.0 Å². The highest BCUT2D eigenvalue weighted by atomic mass is 33.1. The normalized spacial score (nSPS) is 17.5. The summed E-state index contributed by atoms with van der Waals surface area (Å²) in [4.78, 5) is 53.0. The van der Waals surface area contributed by atoms with E-state index < -0.39 is 31.6 Å². The molecule has 22 heteroatoms. The summed E-state index contributed by atoms with van der Waals surface area (Å²) in [5, 5.41) is 4.61. The largest absolute Gasteiger partial charge is 0.493 e. The Morgan fingerprint density at radius 2 is 1.46 bits per heavy atom. The summed E-state index contributed by atoms with van der Waals surface area (Å²) in [6.07, 6.45) is 7.32. The summed E-state index contributed by atoms with van der Waals surface area (Å²) in [7, 11) is 4.76. The number of para-hydroxylation sites is 2. The Morgan fingerprint density at radius 3 is 2.15 bits per heavy atom. The molecule has 0 aromatic heterocycles. The maximum absolute atomic E-state index is 14.3. The smallest absolute Gasteiger partial charge is 0.276 e. The lowest BCUT2D eigenvalue weighted by molar-refractivity contribution is -0.123. The third kappa shape index (κ3) is 16.5. The lowest BCUT2D eigenvalue weighted by Crippen LogP contribution is -2.55. The molecule has 0 bridgehead atoms. The first-order chi connectivity index (χ1) is 42.7.